The van der Waals surface area contributed by atoms with Gasteiger partial charge < -0.3 is 19.1 Å². The molecule has 1 amide bonds. The number of benzene rings is 2. The van der Waals surface area contributed by atoms with Crippen molar-refractivity contribution in [2.75, 3.05) is 6.54 Å². The quantitative estimate of drug-likeness (QED) is 0.517. The zero-order valence-corrected chi connectivity index (χ0v) is 18.0. The van der Waals surface area contributed by atoms with Gasteiger partial charge in [-0.05, 0) is 51.1 Å². The van der Waals surface area contributed by atoms with Crippen LogP contribution in [0.1, 0.15) is 44.2 Å². The monoisotopic (exact) mass is 415 g/mol. The van der Waals surface area contributed by atoms with Crippen molar-refractivity contribution in [1.82, 2.24) is 15.0 Å². The zero-order valence-electron chi connectivity index (χ0n) is 18.0. The lowest BCUT2D eigenvalue weighted by Gasteiger charge is -2.27. The zero-order chi connectivity index (χ0) is 21.5. The van der Waals surface area contributed by atoms with E-state index >= 15 is 0 Å². The molecule has 1 aliphatic rings. The van der Waals surface area contributed by atoms with Gasteiger partial charge in [0.25, 0.3) is 5.91 Å². The number of carbonyl (C=O) groups is 1. The molecule has 158 valence electrons. The van der Waals surface area contributed by atoms with Crippen LogP contribution in [0.15, 0.2) is 47.0 Å². The standard InChI is InChI=1S/C25H25N3O3/c1-15-7-8-23-20(11-15)21-13-28(10-9-24(21)26-23)25(29)18-5-4-6-19(12-18)30-14-22-16(2)27-31-17(22)3/h4-8,11-12,26H,9-10,13-14H2,1-3H3. The van der Waals surface area contributed by atoms with E-state index in [1.54, 1.807) is 0 Å². The van der Waals surface area contributed by atoms with E-state index in [0.717, 1.165) is 29.0 Å². The van der Waals surface area contributed by atoms with Crippen molar-refractivity contribution in [1.29, 1.82) is 0 Å². The molecule has 0 radical (unpaired) electrons. The largest absolute Gasteiger partial charge is 0.489 e. The van der Waals surface area contributed by atoms with Crippen molar-refractivity contribution in [2.45, 2.75) is 40.3 Å². The molecule has 0 aliphatic carbocycles. The van der Waals surface area contributed by atoms with Crippen LogP contribution >= 0.6 is 0 Å². The number of nitrogens with one attached hydrogen (secondary N) is 1. The lowest BCUT2D eigenvalue weighted by atomic mass is 10.0. The number of aryl methyl sites for hydroxylation is 3. The van der Waals surface area contributed by atoms with Gasteiger partial charge in [-0.25, -0.2) is 0 Å². The van der Waals surface area contributed by atoms with Crippen LogP contribution in [-0.2, 0) is 19.6 Å². The van der Waals surface area contributed by atoms with Crippen LogP contribution in [0.2, 0.25) is 0 Å². The Balaban J connectivity index is 1.34. The Morgan fingerprint density at radius 1 is 1.19 bits per heavy atom. The van der Waals surface area contributed by atoms with Gasteiger partial charge >= 0.3 is 0 Å². The average molecular weight is 415 g/mol. The third-order valence-electron chi connectivity index (χ3n) is 6.06. The molecule has 0 atom stereocenters. The number of aromatic amines is 1. The van der Waals surface area contributed by atoms with Crippen molar-refractivity contribution in [3.05, 3.63) is 81.9 Å². The summed E-state index contributed by atoms with van der Waals surface area (Å²) in [6.45, 7) is 7.53. The van der Waals surface area contributed by atoms with Crippen LogP contribution in [0.4, 0.5) is 0 Å². The van der Waals surface area contributed by atoms with Gasteiger partial charge in [-0.3, -0.25) is 4.79 Å². The van der Waals surface area contributed by atoms with Gasteiger partial charge in [0.05, 0.1) is 11.3 Å². The maximum Gasteiger partial charge on any atom is 0.254 e. The highest BCUT2D eigenvalue weighted by molar-refractivity contribution is 5.95. The summed E-state index contributed by atoms with van der Waals surface area (Å²) >= 11 is 0. The molecule has 5 rings (SSSR count). The van der Waals surface area contributed by atoms with Crippen molar-refractivity contribution in [2.24, 2.45) is 0 Å². The Kier molecular flexibility index (Phi) is 4.77. The highest BCUT2D eigenvalue weighted by Crippen LogP contribution is 2.29. The second-order valence-electron chi connectivity index (χ2n) is 8.23. The maximum absolute atomic E-state index is 13.3. The Labute approximate surface area is 180 Å². The number of amides is 1. The molecule has 2 aromatic heterocycles. The van der Waals surface area contributed by atoms with E-state index in [1.807, 2.05) is 43.0 Å². The number of fused-ring (bicyclic) bond motifs is 3. The Morgan fingerprint density at radius 2 is 2.06 bits per heavy atom. The second-order valence-corrected chi connectivity index (χ2v) is 8.23. The molecule has 0 bridgehead atoms. The Hall–Kier alpha value is -3.54. The molecule has 4 aromatic rings. The van der Waals surface area contributed by atoms with E-state index in [-0.39, 0.29) is 5.91 Å². The van der Waals surface area contributed by atoms with Gasteiger partial charge in [-0.15, -0.1) is 0 Å². The van der Waals surface area contributed by atoms with Crippen LogP contribution in [0.5, 0.6) is 5.75 Å². The molecule has 1 N–H and O–H groups in total. The van der Waals surface area contributed by atoms with Gasteiger partial charge in [-0.2, -0.15) is 0 Å². The number of hydrogen-bond acceptors (Lipinski definition) is 4. The van der Waals surface area contributed by atoms with Gasteiger partial charge in [0.15, 0.2) is 0 Å². The van der Waals surface area contributed by atoms with Crippen LogP contribution in [-0.4, -0.2) is 27.5 Å². The molecule has 3 heterocycles. The van der Waals surface area contributed by atoms with Crippen molar-refractivity contribution in [3.63, 3.8) is 0 Å². The molecule has 2 aromatic carbocycles. The molecule has 1 aliphatic heterocycles. The summed E-state index contributed by atoms with van der Waals surface area (Å²) in [5.74, 6) is 1.43. The highest BCUT2D eigenvalue weighted by Gasteiger charge is 2.25. The highest BCUT2D eigenvalue weighted by atomic mass is 16.5. The molecule has 0 spiro atoms. The summed E-state index contributed by atoms with van der Waals surface area (Å²) in [5.41, 5.74) is 7.22. The lowest BCUT2D eigenvalue weighted by Crippen LogP contribution is -2.35. The van der Waals surface area contributed by atoms with E-state index in [4.69, 9.17) is 9.26 Å². The fraction of sp³-hybridized carbons (Fsp3) is 0.280. The topological polar surface area (TPSA) is 71.4 Å². The van der Waals surface area contributed by atoms with E-state index in [1.165, 1.54) is 22.2 Å². The summed E-state index contributed by atoms with van der Waals surface area (Å²) in [4.78, 5) is 18.7. The van der Waals surface area contributed by atoms with E-state index < -0.39 is 0 Å². The third-order valence-corrected chi connectivity index (χ3v) is 6.06. The van der Waals surface area contributed by atoms with Gasteiger partial charge in [0, 0.05) is 47.2 Å². The minimum Gasteiger partial charge on any atom is -0.489 e. The second kappa shape index (κ2) is 7.61. The Morgan fingerprint density at radius 3 is 2.87 bits per heavy atom. The van der Waals surface area contributed by atoms with Crippen molar-refractivity contribution < 1.29 is 14.1 Å². The van der Waals surface area contributed by atoms with E-state index in [0.29, 0.717) is 31.0 Å². The smallest absolute Gasteiger partial charge is 0.254 e. The molecule has 0 fully saturated rings. The fourth-order valence-electron chi connectivity index (χ4n) is 4.27. The van der Waals surface area contributed by atoms with E-state index in [2.05, 4.69) is 35.3 Å². The van der Waals surface area contributed by atoms with Crippen molar-refractivity contribution in [3.8, 4) is 5.75 Å². The minimum absolute atomic E-state index is 0.0236. The minimum atomic E-state index is 0.0236. The molecular weight excluding hydrogens is 390 g/mol. The fourth-order valence-corrected chi connectivity index (χ4v) is 4.27. The summed E-state index contributed by atoms with van der Waals surface area (Å²) in [5, 5.41) is 5.17. The predicted molar refractivity (Wildman–Crippen MR) is 118 cm³/mol. The molecule has 0 saturated carbocycles. The molecule has 0 saturated heterocycles. The SMILES string of the molecule is Cc1ccc2[nH]c3c(c2c1)CN(C(=O)c1cccc(OCc2c(C)noc2C)c1)CC3. The van der Waals surface area contributed by atoms with Crippen LogP contribution in [0.25, 0.3) is 10.9 Å². The Bertz CT molecular complexity index is 1270. The number of H-pyrrole nitrogens is 1. The number of carbonyl (C=O) groups excluding carboxylic acids is 1. The van der Waals surface area contributed by atoms with Crippen LogP contribution in [0, 0.1) is 20.8 Å². The molecule has 6 heteroatoms. The van der Waals surface area contributed by atoms with Crippen LogP contribution < -0.4 is 4.74 Å². The van der Waals surface area contributed by atoms with Gasteiger partial charge in [-0.1, -0.05) is 22.9 Å². The first kappa shape index (κ1) is 19.4. The lowest BCUT2D eigenvalue weighted by molar-refractivity contribution is 0.0734. The number of nitrogens with zero attached hydrogens (tertiary/aromatic N) is 2. The van der Waals surface area contributed by atoms with Crippen molar-refractivity contribution >= 4 is 16.8 Å². The first-order chi connectivity index (χ1) is 15.0. The molecule has 6 nitrogen and oxygen atoms in total. The predicted octanol–water partition coefficient (Wildman–Crippen LogP) is 4.86. The molecular formula is C25H25N3O3. The van der Waals surface area contributed by atoms with E-state index in [9.17, 15) is 4.79 Å². The van der Waals surface area contributed by atoms with Gasteiger partial charge in [0.2, 0.25) is 0 Å². The first-order valence-corrected chi connectivity index (χ1v) is 10.5. The number of aromatic nitrogens is 2. The normalized spacial score (nSPS) is 13.5. The maximum atomic E-state index is 13.3. The summed E-state index contributed by atoms with van der Waals surface area (Å²) in [6, 6.07) is 13.8. The molecule has 0 unspecified atom stereocenters. The third kappa shape index (κ3) is 3.58. The summed E-state index contributed by atoms with van der Waals surface area (Å²) in [6.07, 6.45) is 0.830. The van der Waals surface area contributed by atoms with Gasteiger partial charge in [0.1, 0.15) is 18.1 Å². The molecule has 31 heavy (non-hydrogen) atoms. The number of hydrogen-bond donors (Lipinski definition) is 1. The first-order valence-electron chi connectivity index (χ1n) is 10.5. The summed E-state index contributed by atoms with van der Waals surface area (Å²) < 4.78 is 11.1. The number of ether oxygens (including phenoxy) is 1. The number of rotatable bonds is 4. The average Bonchev–Trinajstić information content (AvgIpc) is 3.30. The summed E-state index contributed by atoms with van der Waals surface area (Å²) in [7, 11) is 0. The van der Waals surface area contributed by atoms with Crippen LogP contribution in [0.3, 0.4) is 0 Å².